The van der Waals surface area contributed by atoms with E-state index in [4.69, 9.17) is 9.84 Å². The molecule has 0 fully saturated rings. The maximum atomic E-state index is 9.13. The summed E-state index contributed by atoms with van der Waals surface area (Å²) in [5.41, 5.74) is 1.17. The van der Waals surface area contributed by atoms with E-state index in [1.165, 1.54) is 16.3 Å². The van der Waals surface area contributed by atoms with Crippen LogP contribution >= 0.6 is 0 Å². The number of hydrogen-bond acceptors (Lipinski definition) is 3. The van der Waals surface area contributed by atoms with Crippen LogP contribution in [0.1, 0.15) is 5.56 Å². The van der Waals surface area contributed by atoms with Crippen molar-refractivity contribution in [3.05, 3.63) is 42.0 Å². The van der Waals surface area contributed by atoms with Gasteiger partial charge in [-0.15, -0.1) is 0 Å². The van der Waals surface area contributed by atoms with Gasteiger partial charge in [0.2, 0.25) is 0 Å². The van der Waals surface area contributed by atoms with Gasteiger partial charge in [-0.3, -0.25) is 0 Å². The Morgan fingerprint density at radius 2 is 2.06 bits per heavy atom. The van der Waals surface area contributed by atoms with E-state index in [0.717, 1.165) is 12.3 Å². The third-order valence-electron chi connectivity index (χ3n) is 2.98. The number of nitrogens with zero attached hydrogens (tertiary/aromatic N) is 1. The van der Waals surface area contributed by atoms with Crippen LogP contribution in [0.2, 0.25) is 0 Å². The SMILES string of the molecule is OCN1COc2ccc3ccccc3c2C1. The maximum absolute atomic E-state index is 9.13. The molecule has 0 aliphatic carbocycles. The van der Waals surface area contributed by atoms with Gasteiger partial charge in [0.1, 0.15) is 12.5 Å². The highest BCUT2D eigenvalue weighted by Gasteiger charge is 2.18. The Morgan fingerprint density at radius 3 is 2.94 bits per heavy atom. The fourth-order valence-corrected chi connectivity index (χ4v) is 2.14. The number of benzene rings is 2. The molecule has 0 amide bonds. The molecule has 0 saturated heterocycles. The zero-order valence-electron chi connectivity index (χ0n) is 8.89. The molecule has 1 aliphatic heterocycles. The first-order valence-electron chi connectivity index (χ1n) is 5.35. The molecule has 0 saturated carbocycles. The highest BCUT2D eigenvalue weighted by atomic mass is 16.5. The highest BCUT2D eigenvalue weighted by molar-refractivity contribution is 5.87. The Labute approximate surface area is 93.9 Å². The van der Waals surface area contributed by atoms with Crippen molar-refractivity contribution >= 4 is 10.8 Å². The molecule has 0 unspecified atom stereocenters. The minimum Gasteiger partial charge on any atom is -0.478 e. The molecule has 0 spiro atoms. The molecule has 1 N–H and O–H groups in total. The van der Waals surface area contributed by atoms with E-state index in [1.54, 1.807) is 0 Å². The van der Waals surface area contributed by atoms with Gasteiger partial charge in [0.15, 0.2) is 0 Å². The smallest absolute Gasteiger partial charge is 0.144 e. The molecule has 0 aromatic heterocycles. The maximum Gasteiger partial charge on any atom is 0.144 e. The standard InChI is InChI=1S/C13H13NO2/c15-8-14-7-12-11-4-2-1-3-10(11)5-6-13(12)16-9-14/h1-6,15H,7-9H2. The average molecular weight is 215 g/mol. The lowest BCUT2D eigenvalue weighted by Crippen LogP contribution is -2.32. The van der Waals surface area contributed by atoms with Crippen LogP contribution < -0.4 is 4.74 Å². The van der Waals surface area contributed by atoms with Gasteiger partial charge < -0.3 is 9.84 Å². The summed E-state index contributed by atoms with van der Waals surface area (Å²) in [5.74, 6) is 0.934. The van der Waals surface area contributed by atoms with E-state index < -0.39 is 0 Å². The molecule has 0 bridgehead atoms. The largest absolute Gasteiger partial charge is 0.478 e. The second-order valence-electron chi connectivity index (χ2n) is 4.01. The van der Waals surface area contributed by atoms with Crippen LogP contribution in [-0.2, 0) is 6.54 Å². The van der Waals surface area contributed by atoms with E-state index in [-0.39, 0.29) is 6.73 Å². The molecule has 3 heteroatoms. The van der Waals surface area contributed by atoms with Gasteiger partial charge >= 0.3 is 0 Å². The number of aliphatic hydroxyl groups is 1. The summed E-state index contributed by atoms with van der Waals surface area (Å²) in [5, 5.41) is 11.6. The number of rotatable bonds is 1. The molecule has 16 heavy (non-hydrogen) atoms. The predicted molar refractivity (Wildman–Crippen MR) is 62.1 cm³/mol. The molecule has 1 heterocycles. The molecule has 3 nitrogen and oxygen atoms in total. The average Bonchev–Trinajstić information content (AvgIpc) is 2.38. The van der Waals surface area contributed by atoms with Crippen molar-refractivity contribution in [1.29, 1.82) is 0 Å². The lowest BCUT2D eigenvalue weighted by Gasteiger charge is -2.28. The molecular formula is C13H13NO2. The zero-order valence-corrected chi connectivity index (χ0v) is 8.89. The lowest BCUT2D eigenvalue weighted by molar-refractivity contribution is 0.0204. The fourth-order valence-electron chi connectivity index (χ4n) is 2.14. The predicted octanol–water partition coefficient (Wildman–Crippen LogP) is 1.94. The van der Waals surface area contributed by atoms with Crippen molar-refractivity contribution in [1.82, 2.24) is 4.90 Å². The minimum atomic E-state index is 0.0304. The Hall–Kier alpha value is -1.58. The molecule has 3 rings (SSSR count). The van der Waals surface area contributed by atoms with Crippen LogP contribution in [0.5, 0.6) is 5.75 Å². The van der Waals surface area contributed by atoms with Gasteiger partial charge in [0.25, 0.3) is 0 Å². The summed E-state index contributed by atoms with van der Waals surface area (Å²) in [4.78, 5) is 1.86. The van der Waals surface area contributed by atoms with Crippen LogP contribution in [0.25, 0.3) is 10.8 Å². The van der Waals surface area contributed by atoms with Gasteiger partial charge in [0.05, 0.1) is 6.73 Å². The summed E-state index contributed by atoms with van der Waals surface area (Å²) in [7, 11) is 0. The van der Waals surface area contributed by atoms with Crippen molar-refractivity contribution in [3.8, 4) is 5.75 Å². The topological polar surface area (TPSA) is 32.7 Å². The summed E-state index contributed by atoms with van der Waals surface area (Å²) in [6, 6.07) is 12.3. The van der Waals surface area contributed by atoms with Crippen molar-refractivity contribution < 1.29 is 9.84 Å². The van der Waals surface area contributed by atoms with Gasteiger partial charge in [0, 0.05) is 12.1 Å². The summed E-state index contributed by atoms with van der Waals surface area (Å²) in [6.07, 6.45) is 0. The van der Waals surface area contributed by atoms with Crippen LogP contribution in [0.15, 0.2) is 36.4 Å². The first kappa shape index (κ1) is 9.63. The first-order chi connectivity index (χ1) is 7.88. The highest BCUT2D eigenvalue weighted by Crippen LogP contribution is 2.31. The van der Waals surface area contributed by atoms with Gasteiger partial charge in [-0.25, -0.2) is 4.90 Å². The van der Waals surface area contributed by atoms with Crippen molar-refractivity contribution in [2.45, 2.75) is 6.54 Å². The van der Waals surface area contributed by atoms with E-state index in [1.807, 2.05) is 23.1 Å². The number of ether oxygens (including phenoxy) is 1. The van der Waals surface area contributed by atoms with E-state index in [0.29, 0.717) is 6.73 Å². The molecular weight excluding hydrogens is 202 g/mol. The fraction of sp³-hybridized carbons (Fsp3) is 0.231. The monoisotopic (exact) mass is 215 g/mol. The summed E-state index contributed by atoms with van der Waals surface area (Å²) in [6.45, 7) is 1.23. The van der Waals surface area contributed by atoms with Crippen LogP contribution in [0, 0.1) is 0 Å². The van der Waals surface area contributed by atoms with Gasteiger partial charge in [-0.05, 0) is 16.8 Å². The third kappa shape index (κ3) is 1.45. The summed E-state index contributed by atoms with van der Waals surface area (Å²) >= 11 is 0. The van der Waals surface area contributed by atoms with Gasteiger partial charge in [-0.1, -0.05) is 30.3 Å². The molecule has 1 aliphatic rings. The molecule has 0 radical (unpaired) electrons. The lowest BCUT2D eigenvalue weighted by atomic mass is 10.0. The Morgan fingerprint density at radius 1 is 1.19 bits per heavy atom. The number of hydrogen-bond donors (Lipinski definition) is 1. The normalized spacial score (nSPS) is 15.8. The van der Waals surface area contributed by atoms with Gasteiger partial charge in [-0.2, -0.15) is 0 Å². The van der Waals surface area contributed by atoms with Crippen molar-refractivity contribution in [2.24, 2.45) is 0 Å². The Bertz CT molecular complexity index is 524. The molecule has 2 aromatic carbocycles. The third-order valence-corrected chi connectivity index (χ3v) is 2.98. The molecule has 2 aromatic rings. The van der Waals surface area contributed by atoms with Crippen LogP contribution in [0.4, 0.5) is 0 Å². The van der Waals surface area contributed by atoms with Crippen molar-refractivity contribution in [3.63, 3.8) is 0 Å². The number of aliphatic hydroxyl groups excluding tert-OH is 1. The molecule has 82 valence electrons. The summed E-state index contributed by atoms with van der Waals surface area (Å²) < 4.78 is 5.60. The van der Waals surface area contributed by atoms with Crippen molar-refractivity contribution in [2.75, 3.05) is 13.5 Å². The first-order valence-corrected chi connectivity index (χ1v) is 5.35. The quantitative estimate of drug-likeness (QED) is 0.789. The van der Waals surface area contributed by atoms with Crippen LogP contribution in [-0.4, -0.2) is 23.5 Å². The van der Waals surface area contributed by atoms with Crippen LogP contribution in [0.3, 0.4) is 0 Å². The zero-order chi connectivity index (χ0) is 11.0. The van der Waals surface area contributed by atoms with E-state index >= 15 is 0 Å². The Kier molecular flexibility index (Phi) is 2.27. The second kappa shape index (κ2) is 3.77. The van der Waals surface area contributed by atoms with E-state index in [2.05, 4.69) is 18.2 Å². The minimum absolute atomic E-state index is 0.0304. The van der Waals surface area contributed by atoms with E-state index in [9.17, 15) is 0 Å². The Balaban J connectivity index is 2.17. The second-order valence-corrected chi connectivity index (χ2v) is 4.01. The number of fused-ring (bicyclic) bond motifs is 3. The molecule has 0 atom stereocenters.